The van der Waals surface area contributed by atoms with E-state index in [1.54, 1.807) is 30.5 Å². The molecular weight excluding hydrogens is 244 g/mol. The van der Waals surface area contributed by atoms with Gasteiger partial charge in [0.05, 0.1) is 0 Å². The van der Waals surface area contributed by atoms with E-state index in [9.17, 15) is 4.79 Å². The maximum Gasteiger partial charge on any atom is 0.151 e. The molecule has 1 heterocycles. The summed E-state index contributed by atoms with van der Waals surface area (Å²) in [6.45, 7) is 0. The molecule has 1 aromatic heterocycles. The van der Waals surface area contributed by atoms with Gasteiger partial charge in [-0.05, 0) is 24.3 Å². The lowest BCUT2D eigenvalue weighted by molar-refractivity contribution is 0.112. The minimum Gasteiger partial charge on any atom is -0.298 e. The van der Waals surface area contributed by atoms with Crippen LogP contribution in [0.2, 0.25) is 5.02 Å². The number of halogens is 1. The average molecular weight is 251 g/mol. The van der Waals surface area contributed by atoms with Crippen LogP contribution in [0.4, 0.5) is 0 Å². The largest absolute Gasteiger partial charge is 0.298 e. The lowest BCUT2D eigenvalue weighted by Gasteiger charge is -2.03. The molecule has 0 fully saturated rings. The third-order valence-electron chi connectivity index (χ3n) is 1.87. The Morgan fingerprint density at radius 1 is 1.31 bits per heavy atom. The highest BCUT2D eigenvalue weighted by Gasteiger charge is 2.05. The Morgan fingerprint density at radius 3 is 2.88 bits per heavy atom. The van der Waals surface area contributed by atoms with Gasteiger partial charge in [0, 0.05) is 21.7 Å². The molecule has 0 atom stereocenters. The molecule has 0 aliphatic carbocycles. The van der Waals surface area contributed by atoms with E-state index < -0.39 is 0 Å². The van der Waals surface area contributed by atoms with Crippen LogP contribution in [0.1, 0.15) is 10.4 Å². The molecule has 2 aromatic rings. The van der Waals surface area contributed by atoms with Gasteiger partial charge in [-0.25, -0.2) is 9.97 Å². The molecule has 0 N–H and O–H groups in total. The normalized spacial score (nSPS) is 10.1. The van der Waals surface area contributed by atoms with Gasteiger partial charge in [0.2, 0.25) is 0 Å². The molecule has 0 saturated carbocycles. The Balaban J connectivity index is 2.31. The molecule has 1 aromatic carbocycles. The highest BCUT2D eigenvalue weighted by molar-refractivity contribution is 7.99. The summed E-state index contributed by atoms with van der Waals surface area (Å²) in [5.41, 5.74) is 0.566. The zero-order valence-corrected chi connectivity index (χ0v) is 9.70. The Hall–Kier alpha value is -1.39. The predicted octanol–water partition coefficient (Wildman–Crippen LogP) is 3.09. The van der Waals surface area contributed by atoms with Crippen LogP contribution in [0.3, 0.4) is 0 Å². The summed E-state index contributed by atoms with van der Waals surface area (Å²) in [6, 6.07) is 6.98. The Labute approximate surface area is 102 Å². The average Bonchev–Trinajstić information content (AvgIpc) is 2.33. The van der Waals surface area contributed by atoms with Crippen molar-refractivity contribution < 1.29 is 4.79 Å². The first-order chi connectivity index (χ1) is 7.79. The molecule has 3 nitrogen and oxygen atoms in total. The maximum atomic E-state index is 10.9. The summed E-state index contributed by atoms with van der Waals surface area (Å²) in [7, 11) is 0. The van der Waals surface area contributed by atoms with E-state index in [1.807, 2.05) is 0 Å². The number of nitrogens with zero attached hydrogens (tertiary/aromatic N) is 2. The van der Waals surface area contributed by atoms with Gasteiger partial charge < -0.3 is 0 Å². The molecule has 16 heavy (non-hydrogen) atoms. The molecule has 0 spiro atoms. The Bertz CT molecular complexity index is 505. The van der Waals surface area contributed by atoms with E-state index in [1.165, 1.54) is 18.1 Å². The number of carbonyl (C=O) groups is 1. The molecule has 2 rings (SSSR count). The second kappa shape index (κ2) is 5.09. The SMILES string of the molecule is O=Cc1cc(Cl)ccc1Sc1ccncn1. The lowest BCUT2D eigenvalue weighted by Crippen LogP contribution is -1.86. The summed E-state index contributed by atoms with van der Waals surface area (Å²) < 4.78 is 0. The van der Waals surface area contributed by atoms with Crippen LogP contribution in [0.5, 0.6) is 0 Å². The first-order valence-electron chi connectivity index (χ1n) is 4.48. The van der Waals surface area contributed by atoms with Crippen LogP contribution < -0.4 is 0 Å². The highest BCUT2D eigenvalue weighted by atomic mass is 35.5. The summed E-state index contributed by atoms with van der Waals surface area (Å²) >= 11 is 7.21. The molecule has 5 heteroatoms. The molecule has 0 aliphatic rings. The van der Waals surface area contributed by atoms with Gasteiger partial charge in [0.1, 0.15) is 11.4 Å². The number of hydrogen-bond donors (Lipinski definition) is 0. The highest BCUT2D eigenvalue weighted by Crippen LogP contribution is 2.29. The quantitative estimate of drug-likeness (QED) is 0.620. The van der Waals surface area contributed by atoms with Crippen molar-refractivity contribution in [2.45, 2.75) is 9.92 Å². The monoisotopic (exact) mass is 250 g/mol. The van der Waals surface area contributed by atoms with Crippen molar-refractivity contribution in [2.75, 3.05) is 0 Å². The molecule has 0 amide bonds. The summed E-state index contributed by atoms with van der Waals surface area (Å²) in [5, 5.41) is 1.34. The van der Waals surface area contributed by atoms with Crippen LogP contribution in [0.25, 0.3) is 0 Å². The van der Waals surface area contributed by atoms with Crippen LogP contribution in [-0.4, -0.2) is 16.3 Å². The fourth-order valence-electron chi connectivity index (χ4n) is 1.16. The number of hydrogen-bond acceptors (Lipinski definition) is 4. The van der Waals surface area contributed by atoms with Crippen molar-refractivity contribution in [1.82, 2.24) is 9.97 Å². The van der Waals surface area contributed by atoms with E-state index in [2.05, 4.69) is 9.97 Å². The van der Waals surface area contributed by atoms with Crippen LogP contribution in [0.15, 0.2) is 46.7 Å². The van der Waals surface area contributed by atoms with Crippen molar-refractivity contribution in [3.8, 4) is 0 Å². The predicted molar refractivity (Wildman–Crippen MR) is 63.0 cm³/mol. The topological polar surface area (TPSA) is 42.9 Å². The van der Waals surface area contributed by atoms with E-state index in [0.717, 1.165) is 16.2 Å². The molecular formula is C11H7ClN2OS. The van der Waals surface area contributed by atoms with Gasteiger partial charge >= 0.3 is 0 Å². The Morgan fingerprint density at radius 2 is 2.19 bits per heavy atom. The molecule has 0 bridgehead atoms. The van der Waals surface area contributed by atoms with Crippen molar-refractivity contribution in [3.63, 3.8) is 0 Å². The summed E-state index contributed by atoms with van der Waals surface area (Å²) in [6.07, 6.45) is 3.92. The third-order valence-corrected chi connectivity index (χ3v) is 3.15. The number of aldehydes is 1. The molecule has 0 radical (unpaired) electrons. The van der Waals surface area contributed by atoms with E-state index in [4.69, 9.17) is 11.6 Å². The van der Waals surface area contributed by atoms with Crippen molar-refractivity contribution >= 4 is 29.6 Å². The molecule has 0 unspecified atom stereocenters. The molecule has 80 valence electrons. The van der Waals surface area contributed by atoms with Gasteiger partial charge in [-0.2, -0.15) is 0 Å². The van der Waals surface area contributed by atoms with Crippen molar-refractivity contribution in [1.29, 1.82) is 0 Å². The number of benzene rings is 1. The zero-order valence-electron chi connectivity index (χ0n) is 8.13. The molecule has 0 aliphatic heterocycles. The number of aromatic nitrogens is 2. The minimum atomic E-state index is 0.550. The van der Waals surface area contributed by atoms with Gasteiger partial charge in [-0.15, -0.1) is 0 Å². The van der Waals surface area contributed by atoms with Crippen molar-refractivity contribution in [2.24, 2.45) is 0 Å². The summed E-state index contributed by atoms with van der Waals surface area (Å²) in [5.74, 6) is 0. The van der Waals surface area contributed by atoms with Gasteiger partial charge in [-0.3, -0.25) is 4.79 Å². The lowest BCUT2D eigenvalue weighted by atomic mass is 10.2. The standard InChI is InChI=1S/C11H7ClN2OS/c12-9-1-2-10(8(5-9)6-15)16-11-3-4-13-7-14-11/h1-7H. The van der Waals surface area contributed by atoms with Crippen LogP contribution >= 0.6 is 23.4 Å². The van der Waals surface area contributed by atoms with Crippen molar-refractivity contribution in [3.05, 3.63) is 47.4 Å². The molecule has 0 saturated heterocycles. The van der Waals surface area contributed by atoms with Gasteiger partial charge in [-0.1, -0.05) is 23.4 Å². The maximum absolute atomic E-state index is 10.9. The number of carbonyl (C=O) groups excluding carboxylic acids is 1. The van der Waals surface area contributed by atoms with E-state index in [0.29, 0.717) is 10.6 Å². The van der Waals surface area contributed by atoms with Gasteiger partial charge in [0.15, 0.2) is 6.29 Å². The van der Waals surface area contributed by atoms with Crippen LogP contribution in [0, 0.1) is 0 Å². The number of rotatable bonds is 3. The first-order valence-corrected chi connectivity index (χ1v) is 5.67. The van der Waals surface area contributed by atoms with Crippen LogP contribution in [-0.2, 0) is 0 Å². The van der Waals surface area contributed by atoms with E-state index >= 15 is 0 Å². The van der Waals surface area contributed by atoms with Gasteiger partial charge in [0.25, 0.3) is 0 Å². The zero-order chi connectivity index (χ0) is 11.4. The first kappa shape index (κ1) is 11.1. The Kier molecular flexibility index (Phi) is 3.54. The fraction of sp³-hybridized carbons (Fsp3) is 0. The minimum absolute atomic E-state index is 0.550. The second-order valence-electron chi connectivity index (χ2n) is 2.95. The van der Waals surface area contributed by atoms with E-state index in [-0.39, 0.29) is 0 Å². The second-order valence-corrected chi connectivity index (χ2v) is 4.45. The fourth-order valence-corrected chi connectivity index (χ4v) is 2.15. The third kappa shape index (κ3) is 2.59. The summed E-state index contributed by atoms with van der Waals surface area (Å²) in [4.78, 5) is 19.6. The smallest absolute Gasteiger partial charge is 0.151 e.